The zero-order valence-corrected chi connectivity index (χ0v) is 10.4. The molecule has 1 fully saturated rings. The summed E-state index contributed by atoms with van der Waals surface area (Å²) in [7, 11) is -3.47. The topological polar surface area (TPSA) is 86.7 Å². The Labute approximate surface area is 95.7 Å². The minimum Gasteiger partial charge on any atom is -0.481 e. The van der Waals surface area contributed by atoms with Gasteiger partial charge in [-0.1, -0.05) is 0 Å². The van der Waals surface area contributed by atoms with Crippen LogP contribution in [0.5, 0.6) is 0 Å². The number of piperazine rings is 1. The molecule has 0 spiro atoms. The third-order valence-electron chi connectivity index (χ3n) is 2.63. The number of rotatable bonds is 4. The molecule has 16 heavy (non-hydrogen) atoms. The lowest BCUT2D eigenvalue weighted by atomic mass is 10.0. The second kappa shape index (κ2) is 4.68. The summed E-state index contributed by atoms with van der Waals surface area (Å²) >= 11 is 0. The molecular weight excluding hydrogens is 232 g/mol. The fourth-order valence-electron chi connectivity index (χ4n) is 1.81. The van der Waals surface area contributed by atoms with E-state index < -0.39 is 21.5 Å². The van der Waals surface area contributed by atoms with Crippen LogP contribution in [0.3, 0.4) is 0 Å². The molecule has 0 aromatic heterocycles. The molecule has 0 bridgehead atoms. The van der Waals surface area contributed by atoms with Gasteiger partial charge in [0, 0.05) is 25.2 Å². The second-order valence-electron chi connectivity index (χ2n) is 4.52. The molecule has 6 nitrogen and oxygen atoms in total. The summed E-state index contributed by atoms with van der Waals surface area (Å²) in [5.41, 5.74) is -0.490. The summed E-state index contributed by atoms with van der Waals surface area (Å²) < 4.78 is 25.3. The lowest BCUT2D eigenvalue weighted by Crippen LogP contribution is -2.60. The van der Waals surface area contributed by atoms with Gasteiger partial charge in [-0.3, -0.25) is 4.79 Å². The van der Waals surface area contributed by atoms with Crippen molar-refractivity contribution >= 4 is 16.0 Å². The summed E-state index contributed by atoms with van der Waals surface area (Å²) in [5.74, 6) is -1.41. The van der Waals surface area contributed by atoms with E-state index in [1.165, 1.54) is 4.31 Å². The predicted molar refractivity (Wildman–Crippen MR) is 59.7 cm³/mol. The van der Waals surface area contributed by atoms with Crippen LogP contribution in [0.1, 0.15) is 20.3 Å². The molecule has 0 unspecified atom stereocenters. The summed E-state index contributed by atoms with van der Waals surface area (Å²) in [6.45, 7) is 5.25. The molecule has 0 aromatic rings. The van der Waals surface area contributed by atoms with E-state index in [1.807, 2.05) is 13.8 Å². The summed E-state index contributed by atoms with van der Waals surface area (Å²) in [4.78, 5) is 10.4. The normalized spacial score (nSPS) is 21.9. The van der Waals surface area contributed by atoms with Gasteiger partial charge in [-0.2, -0.15) is 4.31 Å². The van der Waals surface area contributed by atoms with Gasteiger partial charge in [0.1, 0.15) is 0 Å². The standard InChI is InChI=1S/C9H18N2O4S/c1-9(2)7-10-4-5-11(9)16(14,15)6-3-8(12)13/h10H,3-7H2,1-2H3,(H,12,13). The number of carbonyl (C=O) groups is 1. The molecule has 0 amide bonds. The quantitative estimate of drug-likeness (QED) is 0.701. The van der Waals surface area contributed by atoms with Crippen LogP contribution in [-0.2, 0) is 14.8 Å². The fraction of sp³-hybridized carbons (Fsp3) is 0.889. The van der Waals surface area contributed by atoms with Crippen LogP contribution in [-0.4, -0.2) is 54.7 Å². The highest BCUT2D eigenvalue weighted by Gasteiger charge is 2.37. The highest BCUT2D eigenvalue weighted by atomic mass is 32.2. The van der Waals surface area contributed by atoms with Crippen molar-refractivity contribution in [1.29, 1.82) is 0 Å². The molecule has 7 heteroatoms. The highest BCUT2D eigenvalue weighted by Crippen LogP contribution is 2.21. The van der Waals surface area contributed by atoms with Crippen molar-refractivity contribution in [2.24, 2.45) is 0 Å². The van der Waals surface area contributed by atoms with Gasteiger partial charge in [-0.25, -0.2) is 8.42 Å². The third-order valence-corrected chi connectivity index (χ3v) is 4.70. The number of nitrogens with one attached hydrogen (secondary N) is 1. The lowest BCUT2D eigenvalue weighted by molar-refractivity contribution is -0.136. The Bertz CT molecular complexity index is 364. The zero-order valence-electron chi connectivity index (χ0n) is 9.56. The van der Waals surface area contributed by atoms with Crippen molar-refractivity contribution in [1.82, 2.24) is 9.62 Å². The number of carboxylic acid groups (broad SMARTS) is 1. The maximum Gasteiger partial charge on any atom is 0.304 e. The predicted octanol–water partition coefficient (Wildman–Crippen LogP) is -0.525. The molecule has 2 N–H and O–H groups in total. The first kappa shape index (κ1) is 13.4. The Balaban J connectivity index is 2.77. The van der Waals surface area contributed by atoms with Crippen molar-refractivity contribution in [3.63, 3.8) is 0 Å². The Kier molecular flexibility index (Phi) is 3.92. The Hall–Kier alpha value is -0.660. The number of hydrogen-bond acceptors (Lipinski definition) is 4. The van der Waals surface area contributed by atoms with Crippen molar-refractivity contribution in [3.05, 3.63) is 0 Å². The first-order chi connectivity index (χ1) is 7.26. The lowest BCUT2D eigenvalue weighted by Gasteiger charge is -2.41. The van der Waals surface area contributed by atoms with Crippen LogP contribution in [0, 0.1) is 0 Å². The molecule has 1 heterocycles. The van der Waals surface area contributed by atoms with Crippen molar-refractivity contribution in [3.8, 4) is 0 Å². The van der Waals surface area contributed by atoms with Crippen LogP contribution in [0.15, 0.2) is 0 Å². The Morgan fingerprint density at radius 1 is 1.50 bits per heavy atom. The summed E-state index contributed by atoms with van der Waals surface area (Å²) in [5, 5.41) is 11.6. The highest BCUT2D eigenvalue weighted by molar-refractivity contribution is 7.89. The van der Waals surface area contributed by atoms with Crippen LogP contribution in [0.2, 0.25) is 0 Å². The first-order valence-electron chi connectivity index (χ1n) is 5.19. The largest absolute Gasteiger partial charge is 0.481 e. The number of carboxylic acids is 1. The van der Waals surface area contributed by atoms with Gasteiger partial charge >= 0.3 is 5.97 Å². The van der Waals surface area contributed by atoms with Gasteiger partial charge in [0.15, 0.2) is 0 Å². The van der Waals surface area contributed by atoms with Gasteiger partial charge in [0.25, 0.3) is 0 Å². The smallest absolute Gasteiger partial charge is 0.304 e. The number of sulfonamides is 1. The number of aliphatic carboxylic acids is 1. The van der Waals surface area contributed by atoms with E-state index in [1.54, 1.807) is 0 Å². The van der Waals surface area contributed by atoms with Crippen LogP contribution >= 0.6 is 0 Å². The zero-order chi connectivity index (χ0) is 12.4. The van der Waals surface area contributed by atoms with E-state index >= 15 is 0 Å². The van der Waals surface area contributed by atoms with Crippen LogP contribution < -0.4 is 5.32 Å². The Morgan fingerprint density at radius 2 is 2.12 bits per heavy atom. The van der Waals surface area contributed by atoms with Gasteiger partial charge in [-0.15, -0.1) is 0 Å². The SMILES string of the molecule is CC1(C)CNCCN1S(=O)(=O)CCC(=O)O. The van der Waals surface area contributed by atoms with E-state index in [9.17, 15) is 13.2 Å². The van der Waals surface area contributed by atoms with Crippen LogP contribution in [0.25, 0.3) is 0 Å². The average Bonchev–Trinajstić information content (AvgIpc) is 2.14. The van der Waals surface area contributed by atoms with E-state index in [-0.39, 0.29) is 12.2 Å². The number of nitrogens with zero attached hydrogens (tertiary/aromatic N) is 1. The molecule has 0 aliphatic carbocycles. The molecule has 0 aromatic carbocycles. The first-order valence-corrected chi connectivity index (χ1v) is 6.80. The van der Waals surface area contributed by atoms with Gasteiger partial charge in [0.2, 0.25) is 10.0 Å². The second-order valence-corrected chi connectivity index (χ2v) is 6.53. The van der Waals surface area contributed by atoms with Gasteiger partial charge in [0.05, 0.1) is 12.2 Å². The van der Waals surface area contributed by atoms with Crippen molar-refractivity contribution in [2.75, 3.05) is 25.4 Å². The molecule has 1 aliphatic heterocycles. The third kappa shape index (κ3) is 3.16. The van der Waals surface area contributed by atoms with E-state index in [0.717, 1.165) is 0 Å². The van der Waals surface area contributed by atoms with Crippen LogP contribution in [0.4, 0.5) is 0 Å². The van der Waals surface area contributed by atoms with E-state index in [0.29, 0.717) is 19.6 Å². The Morgan fingerprint density at radius 3 is 2.62 bits per heavy atom. The maximum atomic E-state index is 11.9. The monoisotopic (exact) mass is 250 g/mol. The molecule has 0 radical (unpaired) electrons. The summed E-state index contributed by atoms with van der Waals surface area (Å²) in [6.07, 6.45) is -0.345. The number of hydrogen-bond donors (Lipinski definition) is 2. The van der Waals surface area contributed by atoms with Crippen molar-refractivity contribution < 1.29 is 18.3 Å². The molecule has 94 valence electrons. The maximum absolute atomic E-state index is 11.9. The minimum atomic E-state index is -3.47. The summed E-state index contributed by atoms with van der Waals surface area (Å²) in [6, 6.07) is 0. The van der Waals surface area contributed by atoms with E-state index in [2.05, 4.69) is 5.32 Å². The molecule has 1 saturated heterocycles. The molecule has 1 aliphatic rings. The average molecular weight is 250 g/mol. The van der Waals surface area contributed by atoms with E-state index in [4.69, 9.17) is 5.11 Å². The molecular formula is C9H18N2O4S. The molecule has 0 saturated carbocycles. The van der Waals surface area contributed by atoms with Gasteiger partial charge < -0.3 is 10.4 Å². The fourth-order valence-corrected chi connectivity index (χ4v) is 3.65. The molecule has 1 rings (SSSR count). The van der Waals surface area contributed by atoms with Gasteiger partial charge in [-0.05, 0) is 13.8 Å². The molecule has 0 atom stereocenters. The van der Waals surface area contributed by atoms with Crippen molar-refractivity contribution in [2.45, 2.75) is 25.8 Å². The minimum absolute atomic E-state index is 0.328.